The fraction of sp³-hybridized carbons (Fsp3) is 0.360. The van der Waals surface area contributed by atoms with Crippen LogP contribution in [0, 0.1) is 23.6 Å². The van der Waals surface area contributed by atoms with E-state index >= 15 is 0 Å². The van der Waals surface area contributed by atoms with Gasteiger partial charge in [0.2, 0.25) is 5.91 Å². The van der Waals surface area contributed by atoms with Gasteiger partial charge >= 0.3 is 0 Å². The van der Waals surface area contributed by atoms with Crippen molar-refractivity contribution in [3.8, 4) is 11.3 Å². The van der Waals surface area contributed by atoms with Gasteiger partial charge in [0.25, 0.3) is 0 Å². The van der Waals surface area contributed by atoms with Crippen LogP contribution in [0.4, 0.5) is 10.2 Å². The highest BCUT2D eigenvalue weighted by Gasteiger charge is 2.42. The molecule has 0 atom stereocenters. The van der Waals surface area contributed by atoms with E-state index in [2.05, 4.69) is 22.4 Å². The van der Waals surface area contributed by atoms with Gasteiger partial charge in [0, 0.05) is 12.0 Å². The Bertz CT molecular complexity index is 1010. The summed E-state index contributed by atoms with van der Waals surface area (Å²) in [5, 5.41) is 3.16. The molecule has 5 rings (SSSR count). The summed E-state index contributed by atoms with van der Waals surface area (Å²) in [6.45, 7) is 0.610. The van der Waals surface area contributed by atoms with Gasteiger partial charge < -0.3 is 9.88 Å². The van der Waals surface area contributed by atoms with E-state index in [0.717, 1.165) is 23.0 Å². The van der Waals surface area contributed by atoms with Crippen LogP contribution in [-0.2, 0) is 11.3 Å². The maximum atomic E-state index is 13.4. The van der Waals surface area contributed by atoms with Crippen molar-refractivity contribution in [2.24, 2.45) is 17.8 Å². The molecule has 2 saturated carbocycles. The van der Waals surface area contributed by atoms with Crippen molar-refractivity contribution in [2.45, 2.75) is 38.6 Å². The molecule has 1 amide bonds. The minimum atomic E-state index is -0.287. The summed E-state index contributed by atoms with van der Waals surface area (Å²) in [5.74, 6) is 2.43. The van der Waals surface area contributed by atoms with Crippen molar-refractivity contribution in [1.82, 2.24) is 9.55 Å². The number of nitrogens with zero attached hydrogens (tertiary/aromatic N) is 2. The highest BCUT2D eigenvalue weighted by atomic mass is 19.1. The van der Waals surface area contributed by atoms with E-state index in [4.69, 9.17) is 0 Å². The molecule has 0 unspecified atom stereocenters. The molecule has 30 heavy (non-hydrogen) atoms. The van der Waals surface area contributed by atoms with Gasteiger partial charge in [-0.3, -0.25) is 4.79 Å². The summed E-state index contributed by atoms with van der Waals surface area (Å²) >= 11 is 0. The zero-order chi connectivity index (χ0) is 20.5. The summed E-state index contributed by atoms with van der Waals surface area (Å²) in [6, 6.07) is 16.4. The zero-order valence-electron chi connectivity index (χ0n) is 16.9. The molecule has 2 aliphatic rings. The largest absolute Gasteiger partial charge is 0.312 e. The normalized spacial score (nSPS) is 16.1. The summed E-state index contributed by atoms with van der Waals surface area (Å²) in [7, 11) is 0. The monoisotopic (exact) mass is 403 g/mol. The minimum Gasteiger partial charge on any atom is -0.312 e. The average molecular weight is 404 g/mol. The van der Waals surface area contributed by atoms with Crippen LogP contribution in [0.1, 0.15) is 37.7 Å². The number of aromatic nitrogens is 2. The van der Waals surface area contributed by atoms with E-state index in [0.29, 0.717) is 30.4 Å². The molecule has 0 aliphatic heterocycles. The number of carbonyl (C=O) groups excluding carboxylic acids is 1. The lowest BCUT2D eigenvalue weighted by molar-refractivity contribution is -0.117. The predicted octanol–water partition coefficient (Wildman–Crippen LogP) is 5.50. The average Bonchev–Trinajstić information content (AvgIpc) is 3.68. The van der Waals surface area contributed by atoms with Crippen molar-refractivity contribution in [1.29, 1.82) is 0 Å². The maximum absolute atomic E-state index is 13.4. The molecule has 0 bridgehead atoms. The second-order valence-corrected chi connectivity index (χ2v) is 8.65. The Kier molecular flexibility index (Phi) is 5.11. The first-order valence-electron chi connectivity index (χ1n) is 10.8. The molecular weight excluding hydrogens is 377 g/mol. The van der Waals surface area contributed by atoms with Gasteiger partial charge in [-0.2, -0.15) is 0 Å². The number of hydrogen-bond acceptors (Lipinski definition) is 2. The van der Waals surface area contributed by atoms with E-state index in [-0.39, 0.29) is 11.7 Å². The van der Waals surface area contributed by atoms with E-state index < -0.39 is 0 Å². The third-order valence-corrected chi connectivity index (χ3v) is 6.29. The Balaban J connectivity index is 1.41. The zero-order valence-corrected chi connectivity index (χ0v) is 16.9. The molecule has 2 aliphatic carbocycles. The SMILES string of the molecule is O=C(CC(C1CC1)C1CC1)Nc1c(-c2ccc(F)cc2)ncn1Cc1ccccc1. The fourth-order valence-electron chi connectivity index (χ4n) is 4.40. The van der Waals surface area contributed by atoms with Crippen LogP contribution < -0.4 is 5.32 Å². The Morgan fingerprint density at radius 3 is 2.33 bits per heavy atom. The fourth-order valence-corrected chi connectivity index (χ4v) is 4.40. The highest BCUT2D eigenvalue weighted by molar-refractivity contribution is 5.93. The molecule has 1 N–H and O–H groups in total. The first-order valence-corrected chi connectivity index (χ1v) is 10.8. The number of amides is 1. The lowest BCUT2D eigenvalue weighted by Gasteiger charge is -2.17. The molecule has 3 aromatic rings. The number of halogens is 1. The van der Waals surface area contributed by atoms with Gasteiger partial charge in [-0.05, 0) is 73.3 Å². The van der Waals surface area contributed by atoms with Gasteiger partial charge in [0.1, 0.15) is 17.3 Å². The predicted molar refractivity (Wildman–Crippen MR) is 115 cm³/mol. The van der Waals surface area contributed by atoms with Crippen molar-refractivity contribution >= 4 is 11.7 Å². The summed E-state index contributed by atoms with van der Waals surface area (Å²) in [6.07, 6.45) is 7.39. The van der Waals surface area contributed by atoms with Gasteiger partial charge in [-0.1, -0.05) is 30.3 Å². The number of rotatable bonds is 8. The molecule has 2 aromatic carbocycles. The van der Waals surface area contributed by atoms with E-state index in [1.54, 1.807) is 18.5 Å². The standard InChI is InChI=1S/C25H26FN3O/c26-21-12-10-20(11-13-21)24-25(29(16-27-24)15-17-4-2-1-3-5-17)28-23(30)14-22(18-6-7-18)19-8-9-19/h1-5,10-13,16,18-19,22H,6-9,14-15H2,(H,28,30). The van der Waals surface area contributed by atoms with Crippen molar-refractivity contribution in [2.75, 3.05) is 5.32 Å². The van der Waals surface area contributed by atoms with Crippen LogP contribution in [0.15, 0.2) is 60.9 Å². The van der Waals surface area contributed by atoms with Crippen LogP contribution in [0.3, 0.4) is 0 Å². The summed E-state index contributed by atoms with van der Waals surface area (Å²) in [5.41, 5.74) is 2.60. The smallest absolute Gasteiger partial charge is 0.225 e. The van der Waals surface area contributed by atoms with Crippen LogP contribution in [0.2, 0.25) is 0 Å². The molecule has 1 aromatic heterocycles. The first-order chi connectivity index (χ1) is 14.7. The number of carbonyl (C=O) groups is 1. The minimum absolute atomic E-state index is 0.0528. The molecule has 0 spiro atoms. The third-order valence-electron chi connectivity index (χ3n) is 6.29. The molecule has 5 heteroatoms. The molecule has 0 radical (unpaired) electrons. The Hall–Kier alpha value is -2.95. The van der Waals surface area contributed by atoms with Gasteiger partial charge in [0.05, 0.1) is 12.9 Å². The van der Waals surface area contributed by atoms with Crippen molar-refractivity contribution < 1.29 is 9.18 Å². The molecule has 2 fully saturated rings. The number of anilines is 1. The van der Waals surface area contributed by atoms with Crippen molar-refractivity contribution in [3.63, 3.8) is 0 Å². The molecular formula is C25H26FN3O. The maximum Gasteiger partial charge on any atom is 0.225 e. The van der Waals surface area contributed by atoms with Gasteiger partial charge in [0.15, 0.2) is 0 Å². The number of benzene rings is 2. The van der Waals surface area contributed by atoms with Crippen LogP contribution in [-0.4, -0.2) is 15.5 Å². The van der Waals surface area contributed by atoms with Crippen LogP contribution in [0.5, 0.6) is 0 Å². The topological polar surface area (TPSA) is 46.9 Å². The summed E-state index contributed by atoms with van der Waals surface area (Å²) in [4.78, 5) is 17.6. The number of imidazole rings is 1. The van der Waals surface area contributed by atoms with E-state index in [9.17, 15) is 9.18 Å². The third kappa shape index (κ3) is 4.30. The number of hydrogen-bond donors (Lipinski definition) is 1. The Morgan fingerprint density at radius 1 is 1.03 bits per heavy atom. The van der Waals surface area contributed by atoms with Crippen LogP contribution in [0.25, 0.3) is 11.3 Å². The molecule has 154 valence electrons. The highest BCUT2D eigenvalue weighted by Crippen LogP contribution is 2.50. The van der Waals surface area contributed by atoms with Gasteiger partial charge in [-0.15, -0.1) is 0 Å². The molecule has 0 saturated heterocycles. The number of nitrogens with one attached hydrogen (secondary N) is 1. The first kappa shape index (κ1) is 19.0. The Morgan fingerprint density at radius 2 is 1.70 bits per heavy atom. The quantitative estimate of drug-likeness (QED) is 0.540. The Labute approximate surface area is 176 Å². The second kappa shape index (κ2) is 8.05. The second-order valence-electron chi connectivity index (χ2n) is 8.65. The summed E-state index contributed by atoms with van der Waals surface area (Å²) < 4.78 is 15.4. The van der Waals surface area contributed by atoms with E-state index in [1.165, 1.54) is 37.8 Å². The van der Waals surface area contributed by atoms with Gasteiger partial charge in [-0.25, -0.2) is 9.37 Å². The lowest BCUT2D eigenvalue weighted by atomic mass is 9.94. The lowest BCUT2D eigenvalue weighted by Crippen LogP contribution is -2.21. The van der Waals surface area contributed by atoms with Crippen molar-refractivity contribution in [3.05, 3.63) is 72.3 Å². The molecule has 1 heterocycles. The van der Waals surface area contributed by atoms with Crippen LogP contribution >= 0.6 is 0 Å². The van der Waals surface area contributed by atoms with E-state index in [1.807, 2.05) is 22.8 Å². The molecule has 4 nitrogen and oxygen atoms in total.